The lowest BCUT2D eigenvalue weighted by molar-refractivity contribution is -0.150. The first-order valence-corrected chi connectivity index (χ1v) is 9.61. The van der Waals surface area contributed by atoms with Gasteiger partial charge in [0.1, 0.15) is 6.10 Å². The minimum Gasteiger partial charge on any atom is -0.365 e. The van der Waals surface area contributed by atoms with E-state index in [0.29, 0.717) is 18.2 Å². The van der Waals surface area contributed by atoms with E-state index in [1.165, 1.54) is 12.8 Å². The highest BCUT2D eigenvalue weighted by Gasteiger charge is 2.35. The van der Waals surface area contributed by atoms with Crippen molar-refractivity contribution >= 4 is 16.7 Å². The van der Waals surface area contributed by atoms with E-state index in [-0.39, 0.29) is 29.4 Å². The highest BCUT2D eigenvalue weighted by molar-refractivity contribution is 7.85. The van der Waals surface area contributed by atoms with Crippen LogP contribution >= 0.6 is 0 Å². The fourth-order valence-corrected chi connectivity index (χ4v) is 4.78. The molecule has 1 saturated heterocycles. The van der Waals surface area contributed by atoms with Gasteiger partial charge in [-0.1, -0.05) is 19.8 Å². The maximum absolute atomic E-state index is 12.6. The summed E-state index contributed by atoms with van der Waals surface area (Å²) in [6, 6.07) is 0.0309. The van der Waals surface area contributed by atoms with Gasteiger partial charge in [0, 0.05) is 29.1 Å². The van der Waals surface area contributed by atoms with Gasteiger partial charge in [-0.25, -0.2) is 0 Å². The van der Waals surface area contributed by atoms with Gasteiger partial charge in [0.15, 0.2) is 0 Å². The Hall–Kier alpha value is -0.420. The fourth-order valence-electron chi connectivity index (χ4n) is 3.44. The molecule has 2 aliphatic rings. The Morgan fingerprint density at radius 3 is 2.67 bits per heavy atom. The third-order valence-electron chi connectivity index (χ3n) is 5.03. The Kier molecular flexibility index (Phi) is 5.83. The Bertz CT molecular complexity index is 401. The topological polar surface area (TPSA) is 46.6 Å². The summed E-state index contributed by atoms with van der Waals surface area (Å²) in [5, 5.41) is 0.0459. The van der Waals surface area contributed by atoms with E-state index in [1.54, 1.807) is 0 Å². The largest absolute Gasteiger partial charge is 0.365 e. The minimum absolute atomic E-state index is 0.0309. The first-order chi connectivity index (χ1) is 9.90. The van der Waals surface area contributed by atoms with Crippen LogP contribution in [0.2, 0.25) is 0 Å². The summed E-state index contributed by atoms with van der Waals surface area (Å²) in [5.41, 5.74) is 0. The van der Waals surface area contributed by atoms with Gasteiger partial charge in [0.05, 0.1) is 11.4 Å². The smallest absolute Gasteiger partial charge is 0.251 e. The van der Waals surface area contributed by atoms with Crippen molar-refractivity contribution in [2.75, 3.05) is 12.3 Å². The molecule has 21 heavy (non-hydrogen) atoms. The highest BCUT2D eigenvalue weighted by Crippen LogP contribution is 2.27. The van der Waals surface area contributed by atoms with Crippen LogP contribution in [0, 0.1) is 5.92 Å². The average Bonchev–Trinajstić information content (AvgIpc) is 2.44. The molecule has 1 amide bonds. The number of hydrogen-bond acceptors (Lipinski definition) is 3. The number of hydrogen-bond donors (Lipinski definition) is 0. The van der Waals surface area contributed by atoms with Crippen molar-refractivity contribution in [2.45, 2.75) is 76.9 Å². The van der Waals surface area contributed by atoms with Gasteiger partial charge in [0.25, 0.3) is 5.91 Å². The first kappa shape index (κ1) is 16.9. The van der Waals surface area contributed by atoms with Crippen LogP contribution in [0.3, 0.4) is 0 Å². The zero-order valence-electron chi connectivity index (χ0n) is 13.7. The van der Waals surface area contributed by atoms with Gasteiger partial charge in [-0.15, -0.1) is 0 Å². The monoisotopic (exact) mass is 315 g/mol. The molecule has 1 aliphatic carbocycles. The number of nitrogens with zero attached hydrogens (tertiary/aromatic N) is 1. The van der Waals surface area contributed by atoms with Gasteiger partial charge >= 0.3 is 0 Å². The molecule has 4 nitrogen and oxygen atoms in total. The molecule has 1 heterocycles. The highest BCUT2D eigenvalue weighted by atomic mass is 32.2. The van der Waals surface area contributed by atoms with Crippen LogP contribution in [-0.4, -0.2) is 50.8 Å². The van der Waals surface area contributed by atoms with Gasteiger partial charge < -0.3 is 9.64 Å². The van der Waals surface area contributed by atoms with E-state index in [0.717, 1.165) is 12.8 Å². The molecule has 0 N–H and O–H groups in total. The third kappa shape index (κ3) is 4.07. The van der Waals surface area contributed by atoms with E-state index >= 15 is 0 Å². The van der Waals surface area contributed by atoms with Crippen LogP contribution in [0.5, 0.6) is 0 Å². The summed E-state index contributed by atoms with van der Waals surface area (Å²) in [5.74, 6) is 1.34. The molecule has 0 aromatic heterocycles. The molecule has 2 rings (SSSR count). The van der Waals surface area contributed by atoms with Crippen LogP contribution in [0.1, 0.15) is 53.4 Å². The normalized spacial score (nSPS) is 39.0. The molecule has 122 valence electrons. The minimum atomic E-state index is -0.811. The van der Waals surface area contributed by atoms with Gasteiger partial charge in [0.2, 0.25) is 0 Å². The molecular formula is C16H29NO3S. The molecule has 1 aliphatic heterocycles. The first-order valence-electron chi connectivity index (χ1n) is 8.23. The second-order valence-electron chi connectivity index (χ2n) is 6.73. The van der Waals surface area contributed by atoms with Crippen molar-refractivity contribution in [1.29, 1.82) is 0 Å². The Morgan fingerprint density at radius 1 is 1.29 bits per heavy atom. The molecule has 0 aromatic rings. The molecule has 0 radical (unpaired) electrons. The maximum Gasteiger partial charge on any atom is 0.251 e. The van der Waals surface area contributed by atoms with Crippen LogP contribution < -0.4 is 0 Å². The average molecular weight is 315 g/mol. The van der Waals surface area contributed by atoms with E-state index in [4.69, 9.17) is 4.74 Å². The maximum atomic E-state index is 12.6. The molecule has 6 atom stereocenters. The van der Waals surface area contributed by atoms with E-state index in [1.807, 2.05) is 25.7 Å². The number of rotatable bonds is 3. The molecule has 0 unspecified atom stereocenters. The summed E-state index contributed by atoms with van der Waals surface area (Å²) in [6.07, 6.45) is 4.43. The Balaban J connectivity index is 1.91. The van der Waals surface area contributed by atoms with Gasteiger partial charge in [-0.05, 0) is 39.5 Å². The molecule has 0 aromatic carbocycles. The van der Waals surface area contributed by atoms with Gasteiger partial charge in [-0.3, -0.25) is 9.00 Å². The molecular weight excluding hydrogens is 286 g/mol. The molecule has 2 fully saturated rings. The Morgan fingerprint density at radius 2 is 2.00 bits per heavy atom. The summed E-state index contributed by atoms with van der Waals surface area (Å²) in [7, 11) is -0.811. The van der Waals surface area contributed by atoms with Crippen LogP contribution in [0.4, 0.5) is 0 Å². The summed E-state index contributed by atoms with van der Waals surface area (Å²) >= 11 is 0. The quantitative estimate of drug-likeness (QED) is 0.803. The van der Waals surface area contributed by atoms with Crippen molar-refractivity contribution in [3.05, 3.63) is 0 Å². The van der Waals surface area contributed by atoms with E-state index < -0.39 is 10.8 Å². The standard InChI is InChI=1S/C16H29NO3S/c1-11-6-5-7-15(10-11)20-13(3)16(18)17-8-9-21(19)14(4)12(17)2/h11-15H,5-10H2,1-4H3/t11-,12+,13-,14+,15+,21+/m1/s1. The number of carbonyl (C=O) groups is 1. The molecule has 0 bridgehead atoms. The zero-order chi connectivity index (χ0) is 15.6. The lowest BCUT2D eigenvalue weighted by Crippen LogP contribution is -2.55. The summed E-state index contributed by atoms with van der Waals surface area (Å²) in [6.45, 7) is 8.67. The lowest BCUT2D eigenvalue weighted by atomic mass is 9.88. The molecule has 0 spiro atoms. The molecule has 5 heteroatoms. The van der Waals surface area contributed by atoms with Crippen molar-refractivity contribution in [2.24, 2.45) is 5.92 Å². The predicted octanol–water partition coefficient (Wildman–Crippen LogP) is 2.34. The Labute approximate surface area is 131 Å². The summed E-state index contributed by atoms with van der Waals surface area (Å²) < 4.78 is 17.9. The van der Waals surface area contributed by atoms with Crippen molar-refractivity contribution in [3.63, 3.8) is 0 Å². The second-order valence-corrected chi connectivity index (χ2v) is 8.65. The third-order valence-corrected chi connectivity index (χ3v) is 6.84. The summed E-state index contributed by atoms with van der Waals surface area (Å²) in [4.78, 5) is 14.5. The van der Waals surface area contributed by atoms with E-state index in [9.17, 15) is 9.00 Å². The molecule has 1 saturated carbocycles. The van der Waals surface area contributed by atoms with Crippen LogP contribution in [-0.2, 0) is 20.3 Å². The van der Waals surface area contributed by atoms with Crippen LogP contribution in [0.15, 0.2) is 0 Å². The number of carbonyl (C=O) groups excluding carboxylic acids is 1. The second kappa shape index (κ2) is 7.23. The van der Waals surface area contributed by atoms with Crippen molar-refractivity contribution < 1.29 is 13.7 Å². The van der Waals surface area contributed by atoms with Crippen LogP contribution in [0.25, 0.3) is 0 Å². The predicted molar refractivity (Wildman–Crippen MR) is 85.6 cm³/mol. The van der Waals surface area contributed by atoms with Crippen molar-refractivity contribution in [1.82, 2.24) is 4.90 Å². The number of ether oxygens (including phenoxy) is 1. The van der Waals surface area contributed by atoms with Crippen molar-refractivity contribution in [3.8, 4) is 0 Å². The zero-order valence-corrected chi connectivity index (χ0v) is 14.5. The van der Waals surface area contributed by atoms with E-state index in [2.05, 4.69) is 6.92 Å². The van der Waals surface area contributed by atoms with Gasteiger partial charge in [-0.2, -0.15) is 0 Å². The number of amides is 1. The lowest BCUT2D eigenvalue weighted by Gasteiger charge is -2.39. The SMILES string of the molecule is C[C@@H]1CCC[C@H](O[C@H](C)C(=O)N2CC[S@](=O)[C@@H](C)[C@@H]2C)C1. The fraction of sp³-hybridized carbons (Fsp3) is 0.938.